The molecule has 0 aliphatic rings. The summed E-state index contributed by atoms with van der Waals surface area (Å²) >= 11 is 0. The van der Waals surface area contributed by atoms with Crippen molar-refractivity contribution in [3.8, 4) is 0 Å². The molecular weight excluding hydrogens is 291 g/mol. The molecule has 10 nitrogen and oxygen atoms in total. The molecule has 0 aliphatic heterocycles. The molecule has 0 unspecified atom stereocenters. The quantitative estimate of drug-likeness (QED) is 0.211. The average Bonchev–Trinajstić information content (AvgIpc) is 1.95. The van der Waals surface area contributed by atoms with Crippen LogP contribution >= 0.6 is 15.2 Å². The third-order valence-electron chi connectivity index (χ3n) is 1.65. The summed E-state index contributed by atoms with van der Waals surface area (Å²) in [5, 5.41) is 5.91. The van der Waals surface area contributed by atoms with Crippen LogP contribution in [0.5, 0.6) is 0 Å². The zero-order valence-electron chi connectivity index (χ0n) is 9.15. The van der Waals surface area contributed by atoms with E-state index < -0.39 is 26.7 Å². The molecule has 0 bridgehead atoms. The molecule has 0 aromatic carbocycles. The fourth-order valence-corrected chi connectivity index (χ4v) is 3.06. The second-order valence-electron chi connectivity index (χ2n) is 2.75. The third kappa shape index (κ3) is 6.74. The van der Waals surface area contributed by atoms with Gasteiger partial charge in [0.2, 0.25) is 0 Å². The summed E-state index contributed by atoms with van der Waals surface area (Å²) in [5.41, 5.74) is 5.01. The van der Waals surface area contributed by atoms with Crippen molar-refractivity contribution >= 4 is 15.2 Å². The van der Waals surface area contributed by atoms with Gasteiger partial charge in [0, 0.05) is 6.42 Å². The van der Waals surface area contributed by atoms with Gasteiger partial charge in [-0.05, 0) is 13.0 Å². The maximum absolute atomic E-state index is 10.7. The van der Waals surface area contributed by atoms with Crippen LogP contribution < -0.4 is 35.3 Å². The third-order valence-corrected chi connectivity index (χ3v) is 5.53. The smallest absolute Gasteiger partial charge is 0.412 e. The average molecular weight is 308 g/mol. The minimum Gasteiger partial charge on any atom is -0.412 e. The molecule has 13 heteroatoms. The molecule has 11 N–H and O–H groups in total. The molecular formula is C4H17NNaO9P2+. The molecule has 0 saturated carbocycles. The zero-order valence-corrected chi connectivity index (χ0v) is 12.9. The number of hydrogen-bond acceptors (Lipinski definition) is 4. The predicted octanol–water partition coefficient (Wildman–Crippen LogP) is -5.92. The Morgan fingerprint density at radius 3 is 1.47 bits per heavy atom. The Balaban J connectivity index is -0.000000282. The van der Waals surface area contributed by atoms with Crippen molar-refractivity contribution in [3.05, 3.63) is 0 Å². The van der Waals surface area contributed by atoms with E-state index in [1.165, 1.54) is 0 Å². The molecule has 0 amide bonds. The van der Waals surface area contributed by atoms with Crippen molar-refractivity contribution in [1.82, 2.24) is 0 Å². The molecule has 0 spiro atoms. The summed E-state index contributed by atoms with van der Waals surface area (Å²) < 4.78 is 21.4. The Hall–Kier alpha value is 1.14. The second-order valence-corrected chi connectivity index (χ2v) is 6.76. The molecule has 0 fully saturated rings. The normalized spacial score (nSPS) is 11.9. The van der Waals surface area contributed by atoms with Crippen LogP contribution in [-0.2, 0) is 9.13 Å². The molecule has 0 rings (SSSR count). The van der Waals surface area contributed by atoms with E-state index in [2.05, 4.69) is 0 Å². The summed E-state index contributed by atoms with van der Waals surface area (Å²) in [6, 6.07) is 0. The van der Waals surface area contributed by atoms with Crippen molar-refractivity contribution in [3.63, 3.8) is 0 Å². The molecule has 0 atom stereocenters. The van der Waals surface area contributed by atoms with Gasteiger partial charge in [0.25, 0.3) is 5.08 Å². The molecule has 0 aromatic rings. The van der Waals surface area contributed by atoms with Crippen molar-refractivity contribution in [2.45, 2.75) is 17.9 Å². The summed E-state index contributed by atoms with van der Waals surface area (Å²) in [5.74, 6) is 0. The molecule has 17 heavy (non-hydrogen) atoms. The van der Waals surface area contributed by atoms with E-state index in [0.717, 1.165) is 0 Å². The van der Waals surface area contributed by atoms with E-state index >= 15 is 0 Å². The van der Waals surface area contributed by atoms with Gasteiger partial charge < -0.3 is 41.4 Å². The van der Waals surface area contributed by atoms with Gasteiger partial charge in [-0.2, -0.15) is 0 Å². The molecule has 0 saturated heterocycles. The number of aliphatic hydroxyl groups is 1. The van der Waals surface area contributed by atoms with Gasteiger partial charge in [-0.3, -0.25) is 9.13 Å². The first-order valence-corrected chi connectivity index (χ1v) is 6.82. The Morgan fingerprint density at radius 2 is 1.29 bits per heavy atom. The number of rotatable bonds is 5. The molecule has 0 radical (unpaired) electrons. The van der Waals surface area contributed by atoms with E-state index in [1.54, 1.807) is 0 Å². The van der Waals surface area contributed by atoms with Crippen molar-refractivity contribution < 1.29 is 74.3 Å². The van der Waals surface area contributed by atoms with Crippen LogP contribution in [-0.4, -0.2) is 47.3 Å². The minimum atomic E-state index is -5.30. The van der Waals surface area contributed by atoms with Gasteiger partial charge in [-0.25, -0.2) is 0 Å². The van der Waals surface area contributed by atoms with Crippen LogP contribution in [0.25, 0.3) is 0 Å². The Kier molecular flexibility index (Phi) is 14.3. The fourth-order valence-electron chi connectivity index (χ4n) is 0.800. The first-order valence-electron chi connectivity index (χ1n) is 3.60. The topological polar surface area (TPSA) is 224 Å². The molecule has 0 heterocycles. The fraction of sp³-hybridized carbons (Fsp3) is 1.00. The number of nitrogens with two attached hydrogens (primary N) is 1. The summed E-state index contributed by atoms with van der Waals surface area (Å²) in [4.78, 5) is 34.5. The monoisotopic (exact) mass is 308 g/mol. The first kappa shape index (κ1) is 26.7. The van der Waals surface area contributed by atoms with Crippen molar-refractivity contribution in [1.29, 1.82) is 0 Å². The van der Waals surface area contributed by atoms with Gasteiger partial charge >= 0.3 is 44.7 Å². The van der Waals surface area contributed by atoms with Gasteiger partial charge in [-0.1, -0.05) is 0 Å². The van der Waals surface area contributed by atoms with E-state index in [0.29, 0.717) is 0 Å². The summed E-state index contributed by atoms with van der Waals surface area (Å²) in [6.07, 6.45) is -0.856. The molecule has 102 valence electrons. The largest absolute Gasteiger partial charge is 1.00 e. The van der Waals surface area contributed by atoms with Crippen molar-refractivity contribution in [2.24, 2.45) is 5.73 Å². The van der Waals surface area contributed by atoms with Crippen LogP contribution in [0.1, 0.15) is 12.8 Å². The van der Waals surface area contributed by atoms with Crippen molar-refractivity contribution in [2.75, 3.05) is 6.54 Å². The van der Waals surface area contributed by atoms with E-state index in [4.69, 9.17) is 25.3 Å². The van der Waals surface area contributed by atoms with E-state index in [1.807, 2.05) is 0 Å². The van der Waals surface area contributed by atoms with Crippen LogP contribution in [0.15, 0.2) is 0 Å². The Bertz CT molecular complexity index is 265. The second kappa shape index (κ2) is 9.11. The standard InChI is InChI=1S/C4H13NO7P2.Na.2H2O/c5-3-1-2-4(6,13(7,8)9)14(10,11)12;;;/h6H,1-3,5H2,(H2,7,8,9)(H2,10,11,12);;2*1H2/q;+1;;. The van der Waals surface area contributed by atoms with Gasteiger partial charge in [0.05, 0.1) is 0 Å². The van der Waals surface area contributed by atoms with Gasteiger partial charge in [0.15, 0.2) is 0 Å². The van der Waals surface area contributed by atoms with Crippen LogP contribution in [0.2, 0.25) is 0 Å². The van der Waals surface area contributed by atoms with Crippen LogP contribution in [0, 0.1) is 0 Å². The SMILES string of the molecule is NCCCC(O)(P(=O)(O)O)P(=O)(O)O.O.O.[Na+]. The zero-order chi connectivity index (χ0) is 11.6. The minimum absolute atomic E-state index is 0. The Morgan fingerprint density at radius 1 is 1.00 bits per heavy atom. The maximum Gasteiger partial charge on any atom is 1.00 e. The maximum atomic E-state index is 10.7. The van der Waals surface area contributed by atoms with Crippen LogP contribution in [0.4, 0.5) is 0 Å². The first-order chi connectivity index (χ1) is 6.06. The van der Waals surface area contributed by atoms with E-state index in [-0.39, 0.29) is 53.5 Å². The summed E-state index contributed by atoms with van der Waals surface area (Å²) in [7, 11) is -10.6. The molecule has 0 aromatic heterocycles. The van der Waals surface area contributed by atoms with Crippen LogP contribution in [0.3, 0.4) is 0 Å². The predicted molar refractivity (Wildman–Crippen MR) is 54.6 cm³/mol. The van der Waals surface area contributed by atoms with Gasteiger partial charge in [0.1, 0.15) is 0 Å². The molecule has 0 aliphatic carbocycles. The van der Waals surface area contributed by atoms with Gasteiger partial charge in [-0.15, -0.1) is 0 Å². The summed E-state index contributed by atoms with van der Waals surface area (Å²) in [6.45, 7) is -0.0394. The van der Waals surface area contributed by atoms with E-state index in [9.17, 15) is 14.2 Å². The Labute approximate surface area is 119 Å². The number of hydrogen-bond donors (Lipinski definition) is 6.